The van der Waals surface area contributed by atoms with Gasteiger partial charge >= 0.3 is 0 Å². The lowest BCUT2D eigenvalue weighted by molar-refractivity contribution is -0.136. The van der Waals surface area contributed by atoms with Crippen LogP contribution in [-0.2, 0) is 4.79 Å². The molecule has 2 nitrogen and oxygen atoms in total. The molecule has 0 aromatic heterocycles. The third-order valence-electron chi connectivity index (χ3n) is 7.81. The highest BCUT2D eigenvalue weighted by Crippen LogP contribution is 2.64. The second-order valence-electron chi connectivity index (χ2n) is 8.58. The molecule has 6 atom stereocenters. The summed E-state index contributed by atoms with van der Waals surface area (Å²) in [5.74, 6) is 3.96. The molecule has 4 rings (SSSR count). The van der Waals surface area contributed by atoms with E-state index in [0.717, 1.165) is 30.6 Å². The van der Waals surface area contributed by atoms with Crippen molar-refractivity contribution in [3.63, 3.8) is 0 Å². The minimum atomic E-state index is 0. The summed E-state index contributed by atoms with van der Waals surface area (Å²) >= 11 is 0. The van der Waals surface area contributed by atoms with E-state index in [0.29, 0.717) is 22.5 Å². The maximum Gasteiger partial charge on any atom is 0.133 e. The van der Waals surface area contributed by atoms with E-state index in [9.17, 15) is 4.79 Å². The van der Waals surface area contributed by atoms with Crippen LogP contribution >= 0.6 is 0 Å². The van der Waals surface area contributed by atoms with E-state index >= 15 is 0 Å². The Hall–Kier alpha value is -0.630. The second-order valence-corrected chi connectivity index (χ2v) is 8.58. The zero-order valence-electron chi connectivity index (χ0n) is 13.5. The predicted molar refractivity (Wildman–Crippen MR) is 84.9 cm³/mol. The van der Waals surface area contributed by atoms with E-state index in [4.69, 9.17) is 0 Å². The normalized spacial score (nSPS) is 51.6. The number of allylic oxidation sites excluding steroid dienone is 2. The molecular weight excluding hydrogens is 260 g/mol. The fraction of sp³-hybridized carbons (Fsp3) is 0.842. The van der Waals surface area contributed by atoms with Gasteiger partial charge in [0.2, 0.25) is 0 Å². The van der Waals surface area contributed by atoms with Gasteiger partial charge in [0.1, 0.15) is 5.78 Å². The van der Waals surface area contributed by atoms with Gasteiger partial charge < -0.3 is 5.48 Å². The summed E-state index contributed by atoms with van der Waals surface area (Å²) in [6.45, 7) is 5.03. The summed E-state index contributed by atoms with van der Waals surface area (Å²) in [6.07, 6.45) is 14.7. The van der Waals surface area contributed by atoms with Gasteiger partial charge in [0.25, 0.3) is 0 Å². The summed E-state index contributed by atoms with van der Waals surface area (Å²) < 4.78 is 0. The van der Waals surface area contributed by atoms with E-state index in [1.54, 1.807) is 0 Å². The molecule has 0 unspecified atom stereocenters. The summed E-state index contributed by atoms with van der Waals surface area (Å²) in [7, 11) is 0. The van der Waals surface area contributed by atoms with Crippen LogP contribution in [0.15, 0.2) is 12.2 Å². The molecule has 3 saturated carbocycles. The lowest BCUT2D eigenvalue weighted by atomic mass is 9.45. The Morgan fingerprint density at radius 1 is 1.10 bits per heavy atom. The van der Waals surface area contributed by atoms with Gasteiger partial charge in [-0.05, 0) is 73.0 Å². The summed E-state index contributed by atoms with van der Waals surface area (Å²) in [4.78, 5) is 11.8. The van der Waals surface area contributed by atoms with E-state index in [2.05, 4.69) is 26.0 Å². The minimum Gasteiger partial charge on any atom is -0.412 e. The number of Topliss-reactive ketones (excluding diaryl/α,β-unsaturated/α-hetero) is 1. The lowest BCUT2D eigenvalue weighted by Crippen LogP contribution is -2.52. The predicted octanol–water partition coefficient (Wildman–Crippen LogP) is 3.94. The van der Waals surface area contributed by atoms with Gasteiger partial charge in [-0.2, -0.15) is 0 Å². The Morgan fingerprint density at radius 2 is 1.90 bits per heavy atom. The first-order valence-corrected chi connectivity index (χ1v) is 8.72. The molecule has 2 heteroatoms. The molecule has 21 heavy (non-hydrogen) atoms. The van der Waals surface area contributed by atoms with Gasteiger partial charge in [-0.15, -0.1) is 0 Å². The minimum absolute atomic E-state index is 0. The molecule has 0 saturated heterocycles. The Balaban J connectivity index is 0.00000132. The van der Waals surface area contributed by atoms with Gasteiger partial charge in [-0.1, -0.05) is 26.0 Å². The van der Waals surface area contributed by atoms with Crippen LogP contribution in [0.1, 0.15) is 65.2 Å². The Labute approximate surface area is 128 Å². The van der Waals surface area contributed by atoms with Crippen LogP contribution in [0.4, 0.5) is 0 Å². The first-order chi connectivity index (χ1) is 9.53. The van der Waals surface area contributed by atoms with Crippen LogP contribution in [0.2, 0.25) is 0 Å². The molecule has 0 aliphatic heterocycles. The summed E-state index contributed by atoms with van der Waals surface area (Å²) in [6, 6.07) is 0. The zero-order valence-corrected chi connectivity index (χ0v) is 13.5. The fourth-order valence-corrected chi connectivity index (χ4v) is 6.53. The maximum absolute atomic E-state index is 11.8. The molecule has 4 aliphatic carbocycles. The van der Waals surface area contributed by atoms with E-state index < -0.39 is 0 Å². The number of hydrogen-bond acceptors (Lipinski definition) is 1. The first-order valence-electron chi connectivity index (χ1n) is 8.72. The Kier molecular flexibility index (Phi) is 3.59. The van der Waals surface area contributed by atoms with Crippen molar-refractivity contribution in [2.75, 3.05) is 0 Å². The molecule has 0 aromatic carbocycles. The van der Waals surface area contributed by atoms with Crippen LogP contribution in [0.3, 0.4) is 0 Å². The van der Waals surface area contributed by atoms with Gasteiger partial charge in [-0.3, -0.25) is 4.79 Å². The van der Waals surface area contributed by atoms with E-state index in [1.807, 2.05) is 0 Å². The third kappa shape index (κ3) is 2.05. The number of ketones is 1. The quantitative estimate of drug-likeness (QED) is 0.623. The van der Waals surface area contributed by atoms with Crippen LogP contribution in [0.5, 0.6) is 0 Å². The highest BCUT2D eigenvalue weighted by atomic mass is 16.1. The van der Waals surface area contributed by atoms with Crippen molar-refractivity contribution in [1.29, 1.82) is 0 Å². The number of rotatable bonds is 0. The standard InChI is InChI=1S/C19H28O.H2O/c1-18-9-3-4-16(18)15-6-5-13-12-14(20)7-11-19(13,2)17(15)8-10-18;/h3,9,13,15-17H,4-8,10-12H2,1-2H3;1H2/t13-,15-,16-,17-,18-,19-;/m0./s1. The molecule has 3 fully saturated rings. The van der Waals surface area contributed by atoms with Crippen molar-refractivity contribution in [1.82, 2.24) is 0 Å². The van der Waals surface area contributed by atoms with Crippen molar-refractivity contribution in [3.8, 4) is 0 Å². The molecular formula is C19H30O2. The average molecular weight is 290 g/mol. The SMILES string of the molecule is C[C@]12CCC(=O)C[C@@H]1CC[C@@H]1[C@@H]2CC[C@]2(C)C=CC[C@@H]12.O. The second kappa shape index (κ2) is 4.94. The van der Waals surface area contributed by atoms with Crippen molar-refractivity contribution in [2.24, 2.45) is 34.5 Å². The molecule has 0 amide bonds. The number of carbonyl (C=O) groups excluding carboxylic acids is 1. The van der Waals surface area contributed by atoms with Crippen molar-refractivity contribution < 1.29 is 10.3 Å². The molecule has 0 aromatic rings. The molecule has 118 valence electrons. The number of carbonyl (C=O) groups is 1. The monoisotopic (exact) mass is 290 g/mol. The maximum atomic E-state index is 11.8. The topological polar surface area (TPSA) is 48.6 Å². The first kappa shape index (κ1) is 15.3. The Bertz CT molecular complexity index is 468. The highest BCUT2D eigenvalue weighted by molar-refractivity contribution is 5.79. The van der Waals surface area contributed by atoms with Crippen LogP contribution < -0.4 is 0 Å². The Morgan fingerprint density at radius 3 is 2.71 bits per heavy atom. The molecule has 0 heterocycles. The summed E-state index contributed by atoms with van der Waals surface area (Å²) in [5, 5.41) is 0. The molecule has 0 spiro atoms. The summed E-state index contributed by atoms with van der Waals surface area (Å²) in [5.41, 5.74) is 0.968. The molecule has 0 radical (unpaired) electrons. The van der Waals surface area contributed by atoms with E-state index in [1.165, 1.54) is 38.5 Å². The van der Waals surface area contributed by atoms with Gasteiger partial charge in [0.15, 0.2) is 0 Å². The van der Waals surface area contributed by atoms with Gasteiger partial charge in [0.05, 0.1) is 0 Å². The van der Waals surface area contributed by atoms with Crippen LogP contribution in [0, 0.1) is 34.5 Å². The van der Waals surface area contributed by atoms with Crippen molar-refractivity contribution in [3.05, 3.63) is 12.2 Å². The van der Waals surface area contributed by atoms with E-state index in [-0.39, 0.29) is 5.48 Å². The van der Waals surface area contributed by atoms with Crippen LogP contribution in [0.25, 0.3) is 0 Å². The number of fused-ring (bicyclic) bond motifs is 5. The fourth-order valence-electron chi connectivity index (χ4n) is 6.53. The third-order valence-corrected chi connectivity index (χ3v) is 7.81. The molecule has 4 aliphatic rings. The molecule has 2 N–H and O–H groups in total. The molecule has 0 bridgehead atoms. The smallest absolute Gasteiger partial charge is 0.133 e. The zero-order chi connectivity index (χ0) is 14.0. The van der Waals surface area contributed by atoms with Crippen molar-refractivity contribution >= 4 is 5.78 Å². The van der Waals surface area contributed by atoms with Gasteiger partial charge in [0, 0.05) is 12.8 Å². The van der Waals surface area contributed by atoms with Gasteiger partial charge in [-0.25, -0.2) is 0 Å². The number of hydrogen-bond donors (Lipinski definition) is 0. The van der Waals surface area contributed by atoms with Crippen molar-refractivity contribution in [2.45, 2.75) is 65.2 Å². The van der Waals surface area contributed by atoms with Crippen LogP contribution in [-0.4, -0.2) is 11.3 Å². The highest BCUT2D eigenvalue weighted by Gasteiger charge is 2.56. The largest absolute Gasteiger partial charge is 0.412 e. The average Bonchev–Trinajstić information content (AvgIpc) is 2.81. The lowest BCUT2D eigenvalue weighted by Gasteiger charge is -2.59.